The maximum atomic E-state index is 13.7. The zero-order chi connectivity index (χ0) is 27.5. The number of methoxy groups -OCH3 is 1. The molecule has 0 saturated carbocycles. The van der Waals surface area contributed by atoms with Crippen molar-refractivity contribution in [1.29, 1.82) is 0 Å². The molecule has 0 bridgehead atoms. The number of carbonyl (C=O) groups is 2. The maximum Gasteiger partial charge on any atom is 0.254 e. The van der Waals surface area contributed by atoms with Crippen LogP contribution in [0.4, 0.5) is 0 Å². The third-order valence-corrected chi connectivity index (χ3v) is 7.03. The van der Waals surface area contributed by atoms with Gasteiger partial charge in [-0.3, -0.25) is 9.59 Å². The molecule has 0 unspecified atom stereocenters. The molecule has 8 nitrogen and oxygen atoms in total. The van der Waals surface area contributed by atoms with Gasteiger partial charge in [-0.15, -0.1) is 0 Å². The molecular weight excluding hydrogens is 482 g/mol. The molecule has 8 heteroatoms. The van der Waals surface area contributed by atoms with Crippen LogP contribution >= 0.6 is 0 Å². The van der Waals surface area contributed by atoms with Gasteiger partial charge in [-0.25, -0.2) is 0 Å². The van der Waals surface area contributed by atoms with Crippen LogP contribution in [0.25, 0.3) is 0 Å². The molecule has 1 saturated heterocycles. The molecule has 2 aromatic carbocycles. The van der Waals surface area contributed by atoms with Gasteiger partial charge in [-0.2, -0.15) is 0 Å². The van der Waals surface area contributed by atoms with E-state index >= 15 is 0 Å². The molecule has 0 spiro atoms. The van der Waals surface area contributed by atoms with Crippen LogP contribution in [0.3, 0.4) is 0 Å². The van der Waals surface area contributed by atoms with Crippen LogP contribution in [0.1, 0.15) is 36.7 Å². The number of carbonyl (C=O) groups excluding carboxylic acids is 2. The highest BCUT2D eigenvalue weighted by Crippen LogP contribution is 2.29. The number of ether oxygens (including phenoxy) is 3. The average Bonchev–Trinajstić information content (AvgIpc) is 3.36. The summed E-state index contributed by atoms with van der Waals surface area (Å²) in [4.78, 5) is 30.2. The lowest BCUT2D eigenvalue weighted by Crippen LogP contribution is -2.44. The van der Waals surface area contributed by atoms with Gasteiger partial charge in [0.05, 0.1) is 20.1 Å². The normalized spacial score (nSPS) is 16.9. The van der Waals surface area contributed by atoms with Crippen LogP contribution in [0, 0.1) is 11.8 Å². The standard InChI is InChI=1S/C30H43N3O5/c1-6-37-14-15-38-28-17-24(12-13-27(28)36-5)30(35)33(22(2)3)21-26-19-31-18-25(26)20-32(4)29(34)16-23-10-8-7-9-11-23/h7-13,17,22,25-26,31H,6,14-16,18-21H2,1-5H3/t25-,26-/m0/s1. The Hall–Kier alpha value is -3.10. The van der Waals surface area contributed by atoms with E-state index in [1.807, 2.05) is 68.0 Å². The van der Waals surface area contributed by atoms with Crippen LogP contribution in [0.5, 0.6) is 11.5 Å². The monoisotopic (exact) mass is 525 g/mol. The van der Waals surface area contributed by atoms with Crippen molar-refractivity contribution in [2.45, 2.75) is 33.2 Å². The van der Waals surface area contributed by atoms with Crippen molar-refractivity contribution in [2.24, 2.45) is 11.8 Å². The molecule has 1 aliphatic heterocycles. The van der Waals surface area contributed by atoms with Gasteiger partial charge in [0.25, 0.3) is 5.91 Å². The lowest BCUT2D eigenvalue weighted by molar-refractivity contribution is -0.129. The van der Waals surface area contributed by atoms with E-state index in [2.05, 4.69) is 5.32 Å². The fraction of sp³-hybridized carbons (Fsp3) is 0.533. The Kier molecular flexibility index (Phi) is 11.4. The summed E-state index contributed by atoms with van der Waals surface area (Å²) in [6.45, 7) is 10.4. The van der Waals surface area contributed by atoms with E-state index in [0.717, 1.165) is 18.7 Å². The second kappa shape index (κ2) is 14.7. The largest absolute Gasteiger partial charge is 0.493 e. The molecule has 1 heterocycles. The fourth-order valence-electron chi connectivity index (χ4n) is 4.80. The molecule has 0 aliphatic carbocycles. The van der Waals surface area contributed by atoms with Gasteiger partial charge in [0.15, 0.2) is 11.5 Å². The minimum absolute atomic E-state index is 0.0191. The highest BCUT2D eigenvalue weighted by Gasteiger charge is 2.33. The summed E-state index contributed by atoms with van der Waals surface area (Å²) in [5.74, 6) is 1.68. The highest BCUT2D eigenvalue weighted by molar-refractivity contribution is 5.95. The number of hydrogen-bond acceptors (Lipinski definition) is 6. The summed E-state index contributed by atoms with van der Waals surface area (Å²) in [7, 11) is 3.46. The minimum Gasteiger partial charge on any atom is -0.493 e. The quantitative estimate of drug-likeness (QED) is 0.381. The maximum absolute atomic E-state index is 13.7. The number of amides is 2. The predicted molar refractivity (Wildman–Crippen MR) is 149 cm³/mol. The van der Waals surface area contributed by atoms with Crippen molar-refractivity contribution in [2.75, 3.05) is 60.2 Å². The van der Waals surface area contributed by atoms with Crippen molar-refractivity contribution >= 4 is 11.8 Å². The van der Waals surface area contributed by atoms with Gasteiger partial charge in [0.2, 0.25) is 5.91 Å². The number of hydrogen-bond donors (Lipinski definition) is 1. The Morgan fingerprint density at radius 1 is 1.00 bits per heavy atom. The molecule has 38 heavy (non-hydrogen) atoms. The second-order valence-electron chi connectivity index (χ2n) is 10.1. The van der Waals surface area contributed by atoms with E-state index in [1.54, 1.807) is 25.3 Å². The van der Waals surface area contributed by atoms with Gasteiger partial charge in [0, 0.05) is 51.4 Å². The molecule has 3 rings (SSSR count). The second-order valence-corrected chi connectivity index (χ2v) is 10.1. The molecule has 2 amide bonds. The number of nitrogens with one attached hydrogen (secondary N) is 1. The third-order valence-electron chi connectivity index (χ3n) is 7.03. The zero-order valence-corrected chi connectivity index (χ0v) is 23.4. The van der Waals surface area contributed by atoms with Crippen molar-refractivity contribution in [3.63, 3.8) is 0 Å². The molecule has 0 aromatic heterocycles. The van der Waals surface area contributed by atoms with Gasteiger partial charge in [0.1, 0.15) is 6.61 Å². The first-order valence-corrected chi connectivity index (χ1v) is 13.5. The molecule has 1 N–H and O–H groups in total. The smallest absolute Gasteiger partial charge is 0.254 e. The lowest BCUT2D eigenvalue weighted by atomic mass is 9.94. The SMILES string of the molecule is CCOCCOc1cc(C(=O)N(C[C@@H]2CNC[C@H]2CN(C)C(=O)Cc2ccccc2)C(C)C)ccc1OC. The zero-order valence-electron chi connectivity index (χ0n) is 23.4. The summed E-state index contributed by atoms with van der Waals surface area (Å²) >= 11 is 0. The predicted octanol–water partition coefficient (Wildman–Crippen LogP) is 3.50. The molecule has 1 aliphatic rings. The van der Waals surface area contributed by atoms with Gasteiger partial charge in [-0.05, 0) is 56.4 Å². The van der Waals surface area contributed by atoms with Gasteiger partial charge in [-0.1, -0.05) is 30.3 Å². The minimum atomic E-state index is -0.0449. The topological polar surface area (TPSA) is 80.3 Å². The number of nitrogens with zero attached hydrogens (tertiary/aromatic N) is 2. The highest BCUT2D eigenvalue weighted by atomic mass is 16.5. The first kappa shape index (κ1) is 29.5. The molecule has 2 aromatic rings. The van der Waals surface area contributed by atoms with E-state index in [9.17, 15) is 9.59 Å². The first-order valence-electron chi connectivity index (χ1n) is 13.5. The molecular formula is C30H43N3O5. The summed E-state index contributed by atoms with van der Waals surface area (Å²) in [6, 6.07) is 15.1. The summed E-state index contributed by atoms with van der Waals surface area (Å²) in [6.07, 6.45) is 0.394. The average molecular weight is 526 g/mol. The Labute approximate surface area is 227 Å². The Morgan fingerprint density at radius 2 is 1.71 bits per heavy atom. The Balaban J connectivity index is 1.65. The van der Waals surface area contributed by atoms with Gasteiger partial charge >= 0.3 is 0 Å². The van der Waals surface area contributed by atoms with Crippen LogP contribution in [0.2, 0.25) is 0 Å². The van der Waals surface area contributed by atoms with E-state index in [-0.39, 0.29) is 29.7 Å². The summed E-state index contributed by atoms with van der Waals surface area (Å²) in [5, 5.41) is 3.47. The fourth-order valence-corrected chi connectivity index (χ4v) is 4.80. The van der Waals surface area contributed by atoms with Crippen LogP contribution < -0.4 is 14.8 Å². The van der Waals surface area contributed by atoms with E-state index in [1.165, 1.54) is 0 Å². The molecule has 0 radical (unpaired) electrons. The third kappa shape index (κ3) is 8.20. The van der Waals surface area contributed by atoms with E-state index in [4.69, 9.17) is 14.2 Å². The summed E-state index contributed by atoms with van der Waals surface area (Å²) < 4.78 is 16.6. The lowest BCUT2D eigenvalue weighted by Gasteiger charge is -2.33. The molecule has 208 valence electrons. The number of likely N-dealkylation sites (N-methyl/N-ethyl adjacent to an activating group) is 1. The van der Waals surface area contributed by atoms with Crippen LogP contribution in [0.15, 0.2) is 48.5 Å². The summed E-state index contributed by atoms with van der Waals surface area (Å²) in [5.41, 5.74) is 1.58. The van der Waals surface area contributed by atoms with Crippen molar-refractivity contribution in [1.82, 2.24) is 15.1 Å². The van der Waals surface area contributed by atoms with Crippen LogP contribution in [-0.2, 0) is 16.0 Å². The van der Waals surface area contributed by atoms with E-state index < -0.39 is 0 Å². The Bertz CT molecular complexity index is 1030. The van der Waals surface area contributed by atoms with Crippen molar-refractivity contribution < 1.29 is 23.8 Å². The molecule has 1 fully saturated rings. The van der Waals surface area contributed by atoms with Crippen molar-refractivity contribution in [3.8, 4) is 11.5 Å². The van der Waals surface area contributed by atoms with Crippen LogP contribution in [-0.4, -0.2) is 87.8 Å². The molecule has 2 atom stereocenters. The van der Waals surface area contributed by atoms with E-state index in [0.29, 0.717) is 56.4 Å². The first-order chi connectivity index (χ1) is 18.3. The van der Waals surface area contributed by atoms with Gasteiger partial charge < -0.3 is 29.3 Å². The van der Waals surface area contributed by atoms with Crippen molar-refractivity contribution in [3.05, 3.63) is 59.7 Å². The number of rotatable bonds is 14. The number of benzene rings is 2. The Morgan fingerprint density at radius 3 is 2.37 bits per heavy atom.